The van der Waals surface area contributed by atoms with Crippen molar-refractivity contribution in [3.05, 3.63) is 212 Å². The van der Waals surface area contributed by atoms with Crippen LogP contribution >= 0.6 is 0 Å². The first-order chi connectivity index (χ1) is 28.3. The van der Waals surface area contributed by atoms with Crippen molar-refractivity contribution in [2.45, 2.75) is 0 Å². The second-order valence-corrected chi connectivity index (χ2v) is 14.9. The van der Waals surface area contributed by atoms with E-state index in [0.29, 0.717) is 0 Å². The first-order valence-electron chi connectivity index (χ1n) is 19.6. The lowest BCUT2D eigenvalue weighted by atomic mass is 10.0. The summed E-state index contributed by atoms with van der Waals surface area (Å²) in [5, 5.41) is 7.52. The summed E-state index contributed by atoms with van der Waals surface area (Å²) in [5.74, 6) is 0. The Bertz CT molecular complexity index is 3470. The fourth-order valence-corrected chi connectivity index (χ4v) is 9.35. The molecule has 0 radical (unpaired) electrons. The summed E-state index contributed by atoms with van der Waals surface area (Å²) < 4.78 is 7.23. The molecule has 9 aromatic carbocycles. The molecule has 3 aromatic heterocycles. The standard InChI is InChI=1S/C54H35N3/c1-2-16-39(17-3-1)55-51-27-12-7-22-44(51)47-35-38(30-32-53(47)55)41-19-4-9-24-48(41)57-52-28-13-8-23-45(52)46-34-37(29-31-54(46)57)36-15-14-18-40(33-36)56-49-25-10-5-20-42(49)43-21-6-11-26-50(43)56/h1-35H. The maximum Gasteiger partial charge on any atom is 0.0541 e. The van der Waals surface area contributed by atoms with Crippen molar-refractivity contribution in [3.8, 4) is 39.3 Å². The third kappa shape index (κ3) is 4.79. The number of nitrogens with zero attached hydrogens (tertiary/aromatic N) is 3. The molecule has 0 aliphatic carbocycles. The average Bonchev–Trinajstić information content (AvgIpc) is 3.92. The van der Waals surface area contributed by atoms with E-state index < -0.39 is 0 Å². The van der Waals surface area contributed by atoms with Gasteiger partial charge in [0, 0.05) is 49.3 Å². The van der Waals surface area contributed by atoms with E-state index in [0.717, 1.165) is 11.4 Å². The molecule has 57 heavy (non-hydrogen) atoms. The van der Waals surface area contributed by atoms with Crippen molar-refractivity contribution in [1.82, 2.24) is 13.7 Å². The minimum Gasteiger partial charge on any atom is -0.309 e. The van der Waals surface area contributed by atoms with Crippen LogP contribution in [0.5, 0.6) is 0 Å². The van der Waals surface area contributed by atoms with Gasteiger partial charge in [0.15, 0.2) is 0 Å². The number of hydrogen-bond acceptors (Lipinski definition) is 0. The van der Waals surface area contributed by atoms with Crippen molar-refractivity contribution >= 4 is 65.4 Å². The van der Waals surface area contributed by atoms with Crippen LogP contribution in [0.25, 0.3) is 105 Å². The molecule has 3 heteroatoms. The highest BCUT2D eigenvalue weighted by Gasteiger charge is 2.19. The molecule has 0 saturated carbocycles. The molecule has 0 bridgehead atoms. The van der Waals surface area contributed by atoms with Gasteiger partial charge in [-0.2, -0.15) is 0 Å². The van der Waals surface area contributed by atoms with Crippen molar-refractivity contribution < 1.29 is 0 Å². The Labute approximate surface area is 329 Å². The summed E-state index contributed by atoms with van der Waals surface area (Å²) in [6, 6.07) is 77.4. The highest BCUT2D eigenvalue weighted by Crippen LogP contribution is 2.41. The fourth-order valence-electron chi connectivity index (χ4n) is 9.35. The molecular formula is C54H35N3. The summed E-state index contributed by atoms with van der Waals surface area (Å²) in [5.41, 5.74) is 15.5. The lowest BCUT2D eigenvalue weighted by Gasteiger charge is -2.15. The molecule has 3 nitrogen and oxygen atoms in total. The van der Waals surface area contributed by atoms with Crippen LogP contribution in [0.4, 0.5) is 0 Å². The second kappa shape index (κ2) is 12.5. The van der Waals surface area contributed by atoms with Crippen LogP contribution in [-0.4, -0.2) is 13.7 Å². The van der Waals surface area contributed by atoms with Gasteiger partial charge in [0.1, 0.15) is 0 Å². The summed E-state index contributed by atoms with van der Waals surface area (Å²) in [6.07, 6.45) is 0. The molecule has 12 rings (SSSR count). The van der Waals surface area contributed by atoms with E-state index in [1.807, 2.05) is 0 Å². The lowest BCUT2D eigenvalue weighted by molar-refractivity contribution is 1.18. The van der Waals surface area contributed by atoms with Crippen LogP contribution in [0.15, 0.2) is 212 Å². The van der Waals surface area contributed by atoms with E-state index in [4.69, 9.17) is 0 Å². The van der Waals surface area contributed by atoms with E-state index >= 15 is 0 Å². The molecule has 266 valence electrons. The Morgan fingerprint density at radius 3 is 1.30 bits per heavy atom. The Hall–Kier alpha value is -7.62. The van der Waals surface area contributed by atoms with Gasteiger partial charge < -0.3 is 13.7 Å². The van der Waals surface area contributed by atoms with Gasteiger partial charge in [-0.3, -0.25) is 0 Å². The van der Waals surface area contributed by atoms with Crippen molar-refractivity contribution in [3.63, 3.8) is 0 Å². The summed E-state index contributed by atoms with van der Waals surface area (Å²) >= 11 is 0. The largest absolute Gasteiger partial charge is 0.309 e. The average molecular weight is 726 g/mol. The SMILES string of the molecule is c1ccc(-n2c3ccccc3c3cc(-c4ccccc4-n4c5ccccc5c5cc(-c6cccc(-n7c8ccccc8c8ccccc87)c6)ccc54)ccc32)cc1. The normalized spacial score (nSPS) is 11.9. The second-order valence-electron chi connectivity index (χ2n) is 14.9. The molecule has 0 N–H and O–H groups in total. The predicted octanol–water partition coefficient (Wildman–Crippen LogP) is 14.3. The van der Waals surface area contributed by atoms with Gasteiger partial charge in [-0.25, -0.2) is 0 Å². The molecule has 12 aromatic rings. The van der Waals surface area contributed by atoms with Gasteiger partial charge in [-0.15, -0.1) is 0 Å². The third-order valence-electron chi connectivity index (χ3n) is 11.8. The van der Waals surface area contributed by atoms with Crippen molar-refractivity contribution in [1.29, 1.82) is 0 Å². The van der Waals surface area contributed by atoms with E-state index in [-0.39, 0.29) is 0 Å². The molecule has 0 atom stereocenters. The van der Waals surface area contributed by atoms with Gasteiger partial charge in [-0.1, -0.05) is 133 Å². The molecule has 0 aliphatic rings. The number of rotatable bonds is 5. The first kappa shape index (κ1) is 31.7. The Balaban J connectivity index is 1.02. The highest BCUT2D eigenvalue weighted by atomic mass is 15.0. The van der Waals surface area contributed by atoms with Crippen LogP contribution < -0.4 is 0 Å². The summed E-state index contributed by atoms with van der Waals surface area (Å²) in [6.45, 7) is 0. The van der Waals surface area contributed by atoms with Crippen LogP contribution in [0.1, 0.15) is 0 Å². The maximum atomic E-state index is 2.45. The smallest absolute Gasteiger partial charge is 0.0541 e. The Morgan fingerprint density at radius 1 is 0.228 bits per heavy atom. The van der Waals surface area contributed by atoms with Crippen molar-refractivity contribution in [2.24, 2.45) is 0 Å². The first-order valence-corrected chi connectivity index (χ1v) is 19.6. The molecule has 0 aliphatic heterocycles. The minimum atomic E-state index is 1.16. The molecule has 3 heterocycles. The van der Waals surface area contributed by atoms with Crippen LogP contribution in [0, 0.1) is 0 Å². The zero-order valence-corrected chi connectivity index (χ0v) is 31.0. The van der Waals surface area contributed by atoms with Gasteiger partial charge in [0.25, 0.3) is 0 Å². The number of para-hydroxylation sites is 6. The quantitative estimate of drug-likeness (QED) is 0.168. The number of fused-ring (bicyclic) bond motifs is 9. The predicted molar refractivity (Wildman–Crippen MR) is 240 cm³/mol. The van der Waals surface area contributed by atoms with E-state index in [9.17, 15) is 0 Å². The van der Waals surface area contributed by atoms with E-state index in [1.165, 1.54) is 93.4 Å². The number of aromatic nitrogens is 3. The van der Waals surface area contributed by atoms with E-state index in [1.54, 1.807) is 0 Å². The topological polar surface area (TPSA) is 14.8 Å². The molecular weight excluding hydrogens is 691 g/mol. The molecule has 0 spiro atoms. The number of benzene rings is 9. The van der Waals surface area contributed by atoms with Gasteiger partial charge >= 0.3 is 0 Å². The van der Waals surface area contributed by atoms with Gasteiger partial charge in [0.2, 0.25) is 0 Å². The van der Waals surface area contributed by atoms with Gasteiger partial charge in [-0.05, 0) is 95.6 Å². The van der Waals surface area contributed by atoms with Crippen LogP contribution in [0.3, 0.4) is 0 Å². The van der Waals surface area contributed by atoms with Gasteiger partial charge in [0.05, 0.1) is 38.8 Å². The molecule has 0 amide bonds. The maximum absolute atomic E-state index is 2.45. The third-order valence-corrected chi connectivity index (χ3v) is 11.8. The fraction of sp³-hybridized carbons (Fsp3) is 0. The Morgan fingerprint density at radius 2 is 0.649 bits per heavy atom. The zero-order valence-electron chi connectivity index (χ0n) is 31.0. The Kier molecular flexibility index (Phi) is 6.93. The monoisotopic (exact) mass is 725 g/mol. The zero-order chi connectivity index (χ0) is 37.5. The van der Waals surface area contributed by atoms with Crippen LogP contribution in [-0.2, 0) is 0 Å². The highest BCUT2D eigenvalue weighted by molar-refractivity contribution is 6.13. The van der Waals surface area contributed by atoms with Crippen molar-refractivity contribution in [2.75, 3.05) is 0 Å². The van der Waals surface area contributed by atoms with E-state index in [2.05, 4.69) is 226 Å². The summed E-state index contributed by atoms with van der Waals surface area (Å²) in [4.78, 5) is 0. The summed E-state index contributed by atoms with van der Waals surface area (Å²) in [7, 11) is 0. The molecule has 0 saturated heterocycles. The minimum absolute atomic E-state index is 1.16. The number of hydrogen-bond donors (Lipinski definition) is 0. The van der Waals surface area contributed by atoms with Crippen LogP contribution in [0.2, 0.25) is 0 Å². The lowest BCUT2D eigenvalue weighted by Crippen LogP contribution is -1.97. The molecule has 0 fully saturated rings. The molecule has 0 unspecified atom stereocenters.